The Hall–Kier alpha value is -7.63. The van der Waals surface area contributed by atoms with Crippen LogP contribution in [0.5, 0.6) is 0 Å². The number of aromatic nitrogens is 3. The first-order valence-electron chi connectivity index (χ1n) is 18.8. The van der Waals surface area contributed by atoms with Gasteiger partial charge in [0, 0.05) is 43.8 Å². The summed E-state index contributed by atoms with van der Waals surface area (Å²) >= 11 is 0. The van der Waals surface area contributed by atoms with E-state index in [1.165, 1.54) is 16.2 Å². The number of hydrogen-bond donors (Lipinski definition) is 0. The van der Waals surface area contributed by atoms with E-state index in [2.05, 4.69) is 146 Å². The summed E-state index contributed by atoms with van der Waals surface area (Å²) in [6.45, 7) is 0. The highest BCUT2D eigenvalue weighted by molar-refractivity contribution is 6.22. The summed E-state index contributed by atoms with van der Waals surface area (Å²) in [4.78, 5) is 15.9. The van der Waals surface area contributed by atoms with Gasteiger partial charge in [-0.15, -0.1) is 0 Å². The monoisotopic (exact) mass is 715 g/mol. The molecule has 0 fully saturated rings. The van der Waals surface area contributed by atoms with Gasteiger partial charge < -0.3 is 8.83 Å². The Balaban J connectivity index is 1.14. The maximum atomic E-state index is 6.66. The quantitative estimate of drug-likeness (QED) is 0.170. The van der Waals surface area contributed by atoms with Gasteiger partial charge in [0.05, 0.1) is 0 Å². The Kier molecular flexibility index (Phi) is 6.56. The van der Waals surface area contributed by atoms with Crippen LogP contribution in [0.3, 0.4) is 0 Å². The van der Waals surface area contributed by atoms with Gasteiger partial charge in [0.15, 0.2) is 17.5 Å². The molecule has 0 saturated carbocycles. The third-order valence-electron chi connectivity index (χ3n) is 11.1. The number of fused-ring (bicyclic) bond motifs is 11. The molecule has 56 heavy (non-hydrogen) atoms. The topological polar surface area (TPSA) is 65.0 Å². The summed E-state index contributed by atoms with van der Waals surface area (Å²) < 4.78 is 13.2. The second-order valence-electron chi connectivity index (χ2n) is 14.3. The molecule has 3 aromatic heterocycles. The second-order valence-corrected chi connectivity index (χ2v) is 14.3. The molecular weight excluding hydrogens is 687 g/mol. The first-order chi connectivity index (χ1) is 27.7. The fourth-order valence-electron chi connectivity index (χ4n) is 8.55. The van der Waals surface area contributed by atoms with Gasteiger partial charge >= 0.3 is 0 Å². The molecule has 0 saturated heterocycles. The lowest BCUT2D eigenvalue weighted by molar-refractivity contribution is 0.669. The zero-order chi connectivity index (χ0) is 36.7. The van der Waals surface area contributed by atoms with Crippen molar-refractivity contribution in [1.82, 2.24) is 15.0 Å². The Bertz CT molecular complexity index is 3550. The van der Waals surface area contributed by atoms with Crippen LogP contribution in [0.15, 0.2) is 185 Å². The van der Waals surface area contributed by atoms with E-state index in [0.29, 0.717) is 17.5 Å². The summed E-state index contributed by atoms with van der Waals surface area (Å²) in [5.41, 5.74) is 8.03. The highest BCUT2D eigenvalue weighted by Gasteiger charge is 2.22. The fraction of sp³-hybridized carbons (Fsp3) is 0. The van der Waals surface area contributed by atoms with Crippen LogP contribution in [0.4, 0.5) is 0 Å². The van der Waals surface area contributed by atoms with Crippen LogP contribution >= 0.6 is 0 Å². The van der Waals surface area contributed by atoms with E-state index in [-0.39, 0.29) is 0 Å². The second kappa shape index (κ2) is 11.9. The Labute approximate surface area is 320 Å². The Morgan fingerprint density at radius 3 is 1.84 bits per heavy atom. The molecule has 5 heteroatoms. The molecule has 0 aliphatic heterocycles. The van der Waals surface area contributed by atoms with Crippen molar-refractivity contribution in [2.45, 2.75) is 0 Å². The molecule has 0 spiro atoms. The first-order valence-corrected chi connectivity index (χ1v) is 18.8. The van der Waals surface area contributed by atoms with E-state index >= 15 is 0 Å². The lowest BCUT2D eigenvalue weighted by atomic mass is 9.98. The zero-order valence-corrected chi connectivity index (χ0v) is 29.9. The van der Waals surface area contributed by atoms with Gasteiger partial charge in [-0.1, -0.05) is 152 Å². The maximum Gasteiger partial charge on any atom is 0.164 e. The molecule has 0 N–H and O–H groups in total. The fourth-order valence-corrected chi connectivity index (χ4v) is 8.55. The summed E-state index contributed by atoms with van der Waals surface area (Å²) in [6, 6.07) is 60.9. The molecule has 0 radical (unpaired) electrons. The number of nitrogens with zero attached hydrogens (tertiary/aromatic N) is 3. The number of benzene rings is 9. The van der Waals surface area contributed by atoms with Crippen molar-refractivity contribution in [2.24, 2.45) is 0 Å². The van der Waals surface area contributed by atoms with E-state index < -0.39 is 0 Å². The minimum atomic E-state index is 0.566. The predicted octanol–water partition coefficient (Wildman–Crippen LogP) is 13.8. The normalized spacial score (nSPS) is 11.9. The van der Waals surface area contributed by atoms with E-state index in [1.807, 2.05) is 30.3 Å². The lowest BCUT2D eigenvalue weighted by Gasteiger charge is -2.12. The molecule has 0 aliphatic carbocycles. The molecule has 5 nitrogen and oxygen atoms in total. The molecule has 0 amide bonds. The summed E-state index contributed by atoms with van der Waals surface area (Å²) in [5.74, 6) is 1.72. The molecule has 0 bridgehead atoms. The van der Waals surface area contributed by atoms with Crippen molar-refractivity contribution in [1.29, 1.82) is 0 Å². The highest BCUT2D eigenvalue weighted by Crippen LogP contribution is 2.43. The average Bonchev–Trinajstić information content (AvgIpc) is 3.85. The molecule has 3 heterocycles. The van der Waals surface area contributed by atoms with Crippen molar-refractivity contribution in [2.75, 3.05) is 0 Å². The molecule has 12 rings (SSSR count). The molecule has 0 atom stereocenters. The molecule has 9 aromatic carbocycles. The highest BCUT2D eigenvalue weighted by atomic mass is 16.3. The standard InChI is InChI=1S/C51H29N3O2/c1-2-12-30(13-3-1)36-19-10-20-40-47-41(21-11-23-44(47)56-48(36)40)50-52-49(33-26-27-35-32(28-33)25-24-31-14-4-5-15-34(31)35)53-51(54-50)42-29-45-46(38-17-7-6-16-37(38)42)39-18-8-9-22-43(39)55-45/h1-29H. The number of rotatable bonds is 4. The number of para-hydroxylation sites is 2. The molecular formula is C51H29N3O2. The predicted molar refractivity (Wildman–Crippen MR) is 229 cm³/mol. The minimum Gasteiger partial charge on any atom is -0.456 e. The van der Waals surface area contributed by atoms with Gasteiger partial charge in [-0.25, -0.2) is 15.0 Å². The SMILES string of the molecule is c1ccc(-c2cccc3c2oc2cccc(-c4nc(-c5ccc6c(ccc7ccccc76)c5)nc(-c5cc6oc7ccccc7c6c6ccccc56)n4)c23)cc1. The summed E-state index contributed by atoms with van der Waals surface area (Å²) in [5, 5.41) is 11.0. The third kappa shape index (κ3) is 4.64. The largest absolute Gasteiger partial charge is 0.456 e. The maximum absolute atomic E-state index is 6.66. The number of furan rings is 2. The van der Waals surface area contributed by atoms with Crippen LogP contribution in [-0.4, -0.2) is 15.0 Å². The van der Waals surface area contributed by atoms with Gasteiger partial charge in [-0.05, 0) is 62.1 Å². The van der Waals surface area contributed by atoms with Crippen LogP contribution in [0, 0.1) is 0 Å². The average molecular weight is 716 g/mol. The Morgan fingerprint density at radius 2 is 0.946 bits per heavy atom. The molecule has 0 unspecified atom stereocenters. The van der Waals surface area contributed by atoms with Gasteiger partial charge in [0.1, 0.15) is 22.3 Å². The Morgan fingerprint density at radius 1 is 0.304 bits per heavy atom. The zero-order valence-electron chi connectivity index (χ0n) is 29.9. The van der Waals surface area contributed by atoms with E-state index in [9.17, 15) is 0 Å². The van der Waals surface area contributed by atoms with Gasteiger partial charge in [-0.3, -0.25) is 0 Å². The van der Waals surface area contributed by atoms with Crippen LogP contribution in [0.1, 0.15) is 0 Å². The molecule has 260 valence electrons. The smallest absolute Gasteiger partial charge is 0.164 e. The van der Waals surface area contributed by atoms with Crippen molar-refractivity contribution in [3.63, 3.8) is 0 Å². The van der Waals surface area contributed by atoms with Crippen molar-refractivity contribution in [3.8, 4) is 45.3 Å². The van der Waals surface area contributed by atoms with E-state index in [4.69, 9.17) is 23.8 Å². The lowest BCUT2D eigenvalue weighted by Crippen LogP contribution is -2.01. The van der Waals surface area contributed by atoms with Crippen LogP contribution in [-0.2, 0) is 0 Å². The van der Waals surface area contributed by atoms with Crippen molar-refractivity contribution in [3.05, 3.63) is 176 Å². The third-order valence-corrected chi connectivity index (χ3v) is 11.1. The summed E-state index contributed by atoms with van der Waals surface area (Å²) in [6.07, 6.45) is 0. The van der Waals surface area contributed by atoms with E-state index in [0.717, 1.165) is 87.9 Å². The van der Waals surface area contributed by atoms with E-state index in [1.54, 1.807) is 0 Å². The van der Waals surface area contributed by atoms with Crippen molar-refractivity contribution < 1.29 is 8.83 Å². The van der Waals surface area contributed by atoms with Gasteiger partial charge in [-0.2, -0.15) is 0 Å². The molecule has 0 aliphatic rings. The minimum absolute atomic E-state index is 0.566. The van der Waals surface area contributed by atoms with Crippen LogP contribution in [0.25, 0.3) is 121 Å². The van der Waals surface area contributed by atoms with Gasteiger partial charge in [0.25, 0.3) is 0 Å². The van der Waals surface area contributed by atoms with Gasteiger partial charge in [0.2, 0.25) is 0 Å². The number of hydrogen-bond acceptors (Lipinski definition) is 5. The van der Waals surface area contributed by atoms with Crippen LogP contribution < -0.4 is 0 Å². The molecule has 12 aromatic rings. The van der Waals surface area contributed by atoms with Crippen LogP contribution in [0.2, 0.25) is 0 Å². The first kappa shape index (κ1) is 30.8. The summed E-state index contributed by atoms with van der Waals surface area (Å²) in [7, 11) is 0. The van der Waals surface area contributed by atoms with Crippen molar-refractivity contribution >= 4 is 76.2 Å².